The molecule has 2 rings (SSSR count). The Morgan fingerprint density at radius 1 is 1.62 bits per heavy atom. The molecule has 0 saturated carbocycles. The number of benzene rings is 1. The molecule has 0 bridgehead atoms. The zero-order valence-electron chi connectivity index (χ0n) is 9.19. The molecule has 86 valence electrons. The first-order valence-corrected chi connectivity index (χ1v) is 5.45. The number of fused-ring (bicyclic) bond motifs is 1. The number of phenolic OH excluding ortho intramolecular Hbond substituents is 1. The molecule has 1 aromatic carbocycles. The van der Waals surface area contributed by atoms with Crippen LogP contribution < -0.4 is 5.32 Å². The van der Waals surface area contributed by atoms with Gasteiger partial charge in [-0.15, -0.1) is 0 Å². The van der Waals surface area contributed by atoms with Crippen LogP contribution in [0.15, 0.2) is 18.2 Å². The summed E-state index contributed by atoms with van der Waals surface area (Å²) in [4.78, 5) is 11.7. The highest BCUT2D eigenvalue weighted by atomic mass is 16.5. The Labute approximate surface area is 94.2 Å². The highest BCUT2D eigenvalue weighted by Gasteiger charge is 2.27. The summed E-state index contributed by atoms with van der Waals surface area (Å²) in [5.74, 6) is -0.191. The van der Waals surface area contributed by atoms with Crippen molar-refractivity contribution in [1.29, 1.82) is 0 Å². The maximum atomic E-state index is 11.7. The van der Waals surface area contributed by atoms with E-state index in [-0.39, 0.29) is 17.6 Å². The number of hydrogen-bond donors (Lipinski definition) is 2. The standard InChI is InChI=1S/C12H15NO3/c1-2-16-12(15)10-5-6-13-11-7-8(14)3-4-9(10)11/h3-4,7,10,13-14H,2,5-6H2,1H3. The minimum Gasteiger partial charge on any atom is -0.508 e. The molecule has 1 aliphatic heterocycles. The fourth-order valence-electron chi connectivity index (χ4n) is 2.00. The third-order valence-corrected chi connectivity index (χ3v) is 2.73. The fraction of sp³-hybridized carbons (Fsp3) is 0.417. The Morgan fingerprint density at radius 3 is 3.19 bits per heavy atom. The number of carbonyl (C=O) groups excluding carboxylic acids is 1. The van der Waals surface area contributed by atoms with Crippen molar-refractivity contribution < 1.29 is 14.6 Å². The van der Waals surface area contributed by atoms with Crippen LogP contribution in [0.3, 0.4) is 0 Å². The number of esters is 1. The average Bonchev–Trinajstić information content (AvgIpc) is 2.28. The van der Waals surface area contributed by atoms with Crippen LogP contribution in [-0.2, 0) is 9.53 Å². The minimum absolute atomic E-state index is 0.184. The lowest BCUT2D eigenvalue weighted by atomic mass is 9.91. The molecule has 1 unspecified atom stereocenters. The number of ether oxygens (including phenoxy) is 1. The summed E-state index contributed by atoms with van der Waals surface area (Å²) in [6.45, 7) is 2.92. The zero-order chi connectivity index (χ0) is 11.5. The van der Waals surface area contributed by atoms with Gasteiger partial charge in [0, 0.05) is 18.3 Å². The van der Waals surface area contributed by atoms with Crippen molar-refractivity contribution in [3.05, 3.63) is 23.8 Å². The lowest BCUT2D eigenvalue weighted by molar-refractivity contribution is -0.145. The number of nitrogens with one attached hydrogen (secondary N) is 1. The van der Waals surface area contributed by atoms with Gasteiger partial charge in [-0.3, -0.25) is 4.79 Å². The lowest BCUT2D eigenvalue weighted by Gasteiger charge is -2.25. The molecule has 16 heavy (non-hydrogen) atoms. The van der Waals surface area contributed by atoms with Gasteiger partial charge in [0.1, 0.15) is 5.75 Å². The van der Waals surface area contributed by atoms with E-state index in [0.29, 0.717) is 6.61 Å². The van der Waals surface area contributed by atoms with Crippen LogP contribution in [0.2, 0.25) is 0 Å². The van der Waals surface area contributed by atoms with E-state index in [1.54, 1.807) is 25.1 Å². The highest BCUT2D eigenvalue weighted by Crippen LogP contribution is 2.34. The maximum Gasteiger partial charge on any atom is 0.313 e. The monoisotopic (exact) mass is 221 g/mol. The normalized spacial score (nSPS) is 18.4. The highest BCUT2D eigenvalue weighted by molar-refractivity contribution is 5.82. The molecule has 1 aromatic rings. The molecule has 0 aromatic heterocycles. The third-order valence-electron chi connectivity index (χ3n) is 2.73. The first-order valence-electron chi connectivity index (χ1n) is 5.45. The van der Waals surface area contributed by atoms with Crippen LogP contribution in [0.5, 0.6) is 5.75 Å². The van der Waals surface area contributed by atoms with Gasteiger partial charge in [0.05, 0.1) is 12.5 Å². The predicted molar refractivity (Wildman–Crippen MR) is 60.6 cm³/mol. The summed E-state index contributed by atoms with van der Waals surface area (Å²) >= 11 is 0. The van der Waals surface area contributed by atoms with Crippen molar-refractivity contribution >= 4 is 11.7 Å². The predicted octanol–water partition coefficient (Wildman–Crippen LogP) is 1.85. The van der Waals surface area contributed by atoms with Gasteiger partial charge in [0.15, 0.2) is 0 Å². The van der Waals surface area contributed by atoms with Crippen molar-refractivity contribution in [1.82, 2.24) is 0 Å². The second-order valence-corrected chi connectivity index (χ2v) is 3.79. The van der Waals surface area contributed by atoms with Gasteiger partial charge in [0.2, 0.25) is 0 Å². The molecule has 0 radical (unpaired) electrons. The molecule has 1 heterocycles. The smallest absolute Gasteiger partial charge is 0.313 e. The molecular weight excluding hydrogens is 206 g/mol. The number of aromatic hydroxyl groups is 1. The molecule has 0 saturated heterocycles. The Morgan fingerprint density at radius 2 is 2.44 bits per heavy atom. The summed E-state index contributed by atoms with van der Waals surface area (Å²) in [6, 6.07) is 5.01. The molecule has 1 atom stereocenters. The molecule has 1 aliphatic rings. The number of rotatable bonds is 2. The lowest BCUT2D eigenvalue weighted by Crippen LogP contribution is -2.24. The summed E-state index contributed by atoms with van der Waals surface area (Å²) in [7, 11) is 0. The molecule has 0 spiro atoms. The Balaban J connectivity index is 2.29. The maximum absolute atomic E-state index is 11.7. The fourth-order valence-corrected chi connectivity index (χ4v) is 2.00. The second-order valence-electron chi connectivity index (χ2n) is 3.79. The summed E-state index contributed by atoms with van der Waals surface area (Å²) in [6.07, 6.45) is 0.733. The first-order chi connectivity index (χ1) is 7.72. The van der Waals surface area contributed by atoms with Crippen molar-refractivity contribution in [3.63, 3.8) is 0 Å². The number of anilines is 1. The summed E-state index contributed by atoms with van der Waals surface area (Å²) in [5, 5.41) is 12.5. The van der Waals surface area contributed by atoms with Crippen LogP contribution >= 0.6 is 0 Å². The molecule has 0 aliphatic carbocycles. The quantitative estimate of drug-likeness (QED) is 0.748. The summed E-state index contributed by atoms with van der Waals surface area (Å²) < 4.78 is 5.04. The van der Waals surface area contributed by atoms with Gasteiger partial charge in [0.25, 0.3) is 0 Å². The average molecular weight is 221 g/mol. The number of carbonyl (C=O) groups is 1. The van der Waals surface area contributed by atoms with Crippen LogP contribution in [0.4, 0.5) is 5.69 Å². The SMILES string of the molecule is CCOC(=O)C1CCNc2cc(O)ccc21. The van der Waals surface area contributed by atoms with Crippen LogP contribution in [0, 0.1) is 0 Å². The van der Waals surface area contributed by atoms with Gasteiger partial charge < -0.3 is 15.2 Å². The Hall–Kier alpha value is -1.71. The first kappa shape index (κ1) is 10.8. The van der Waals surface area contributed by atoms with Crippen LogP contribution in [0.1, 0.15) is 24.8 Å². The van der Waals surface area contributed by atoms with E-state index in [0.717, 1.165) is 24.2 Å². The Kier molecular flexibility index (Phi) is 2.99. The number of hydrogen-bond acceptors (Lipinski definition) is 4. The largest absolute Gasteiger partial charge is 0.508 e. The van der Waals surface area contributed by atoms with Crippen molar-refractivity contribution in [2.75, 3.05) is 18.5 Å². The van der Waals surface area contributed by atoms with Crippen molar-refractivity contribution in [2.24, 2.45) is 0 Å². The van der Waals surface area contributed by atoms with Crippen molar-refractivity contribution in [2.45, 2.75) is 19.3 Å². The van der Waals surface area contributed by atoms with E-state index in [1.165, 1.54) is 0 Å². The van der Waals surface area contributed by atoms with E-state index in [1.807, 2.05) is 0 Å². The minimum atomic E-state index is -0.211. The van der Waals surface area contributed by atoms with Gasteiger partial charge in [-0.25, -0.2) is 0 Å². The molecule has 0 fully saturated rings. The van der Waals surface area contributed by atoms with E-state index in [2.05, 4.69) is 5.32 Å². The zero-order valence-corrected chi connectivity index (χ0v) is 9.19. The van der Waals surface area contributed by atoms with Gasteiger partial charge >= 0.3 is 5.97 Å². The molecule has 4 heteroatoms. The van der Waals surface area contributed by atoms with Crippen LogP contribution in [-0.4, -0.2) is 24.2 Å². The molecule has 4 nitrogen and oxygen atoms in total. The molecular formula is C12H15NO3. The van der Waals surface area contributed by atoms with E-state index in [9.17, 15) is 9.90 Å². The third kappa shape index (κ3) is 1.96. The van der Waals surface area contributed by atoms with Gasteiger partial charge in [-0.1, -0.05) is 6.07 Å². The molecule has 2 N–H and O–H groups in total. The molecule has 0 amide bonds. The van der Waals surface area contributed by atoms with Gasteiger partial charge in [-0.2, -0.15) is 0 Å². The van der Waals surface area contributed by atoms with Crippen molar-refractivity contribution in [3.8, 4) is 5.75 Å². The van der Waals surface area contributed by atoms with E-state index < -0.39 is 0 Å². The Bertz CT molecular complexity index is 403. The number of phenols is 1. The van der Waals surface area contributed by atoms with Gasteiger partial charge in [-0.05, 0) is 25.0 Å². The topological polar surface area (TPSA) is 58.6 Å². The second kappa shape index (κ2) is 4.43. The van der Waals surface area contributed by atoms with E-state index in [4.69, 9.17) is 4.74 Å². The van der Waals surface area contributed by atoms with E-state index >= 15 is 0 Å². The summed E-state index contributed by atoms with van der Waals surface area (Å²) in [5.41, 5.74) is 1.73. The van der Waals surface area contributed by atoms with Crippen LogP contribution in [0.25, 0.3) is 0 Å².